The van der Waals surface area contributed by atoms with Gasteiger partial charge in [0.1, 0.15) is 0 Å². The van der Waals surface area contributed by atoms with E-state index in [2.05, 4.69) is 20.8 Å². The molecule has 0 spiro atoms. The minimum Gasteiger partial charge on any atom is -0.376 e. The maximum absolute atomic E-state index is 12.5. The predicted octanol–water partition coefficient (Wildman–Crippen LogP) is 4.36. The fourth-order valence-electron chi connectivity index (χ4n) is 3.09. The van der Waals surface area contributed by atoms with Crippen LogP contribution >= 0.6 is 23.1 Å². The molecule has 2 N–H and O–H groups in total. The smallest absolute Gasteiger partial charge is 0.255 e. The van der Waals surface area contributed by atoms with E-state index < -0.39 is 0 Å². The number of nitrogens with zero attached hydrogens (tertiary/aromatic N) is 2. The highest BCUT2D eigenvalue weighted by atomic mass is 32.2. The van der Waals surface area contributed by atoms with Crippen LogP contribution in [0.3, 0.4) is 0 Å². The maximum Gasteiger partial charge on any atom is 0.255 e. The Hall–Kier alpha value is -2.75. The average Bonchev–Trinajstić information content (AvgIpc) is 3.49. The van der Waals surface area contributed by atoms with E-state index in [1.165, 1.54) is 23.1 Å². The largest absolute Gasteiger partial charge is 0.376 e. The number of carbonyl (C=O) groups is 2. The van der Waals surface area contributed by atoms with E-state index in [1.807, 2.05) is 18.2 Å². The number of anilines is 2. The number of hydrogen-bond donors (Lipinski definition) is 2. The van der Waals surface area contributed by atoms with E-state index >= 15 is 0 Å². The van der Waals surface area contributed by atoms with E-state index in [0.717, 1.165) is 35.5 Å². The zero-order chi connectivity index (χ0) is 21.5. The van der Waals surface area contributed by atoms with Crippen molar-refractivity contribution < 1.29 is 14.3 Å². The fourth-order valence-corrected chi connectivity index (χ4v) is 4.74. The second kappa shape index (κ2) is 10.5. The summed E-state index contributed by atoms with van der Waals surface area (Å²) < 4.78 is 6.33. The zero-order valence-corrected chi connectivity index (χ0v) is 18.4. The van der Waals surface area contributed by atoms with Gasteiger partial charge in [-0.1, -0.05) is 41.3 Å². The summed E-state index contributed by atoms with van der Waals surface area (Å²) in [5, 5.41) is 15.1. The van der Waals surface area contributed by atoms with Crippen LogP contribution in [-0.2, 0) is 4.74 Å². The summed E-state index contributed by atoms with van der Waals surface area (Å²) >= 11 is 2.80. The monoisotopic (exact) mass is 454 g/mol. The van der Waals surface area contributed by atoms with Crippen molar-refractivity contribution in [2.45, 2.75) is 23.3 Å². The number of nitrogens with one attached hydrogen (secondary N) is 2. The van der Waals surface area contributed by atoms with Gasteiger partial charge in [0, 0.05) is 30.0 Å². The normalized spacial score (nSPS) is 15.5. The van der Waals surface area contributed by atoms with Gasteiger partial charge in [0.25, 0.3) is 5.91 Å². The molecular weight excluding hydrogens is 432 g/mol. The van der Waals surface area contributed by atoms with E-state index in [0.29, 0.717) is 16.8 Å². The number of benzene rings is 2. The Labute approximate surface area is 188 Å². The first-order valence-electron chi connectivity index (χ1n) is 9.99. The molecular formula is C22H22N4O3S2. The highest BCUT2D eigenvalue weighted by Crippen LogP contribution is 2.26. The molecule has 2 aromatic carbocycles. The highest BCUT2D eigenvalue weighted by molar-refractivity contribution is 8.01. The third kappa shape index (κ3) is 6.13. The second-order valence-electron chi connectivity index (χ2n) is 7.00. The van der Waals surface area contributed by atoms with Crippen LogP contribution in [0.1, 0.15) is 33.6 Å². The lowest BCUT2D eigenvalue weighted by Gasteiger charge is -2.08. The Morgan fingerprint density at radius 1 is 1.06 bits per heavy atom. The Morgan fingerprint density at radius 3 is 2.61 bits per heavy atom. The van der Waals surface area contributed by atoms with Gasteiger partial charge in [-0.25, -0.2) is 0 Å². The van der Waals surface area contributed by atoms with Gasteiger partial charge in [0.05, 0.1) is 11.9 Å². The second-order valence-corrected chi connectivity index (χ2v) is 9.20. The number of aromatic nitrogens is 2. The van der Waals surface area contributed by atoms with Crippen molar-refractivity contribution in [2.75, 3.05) is 29.5 Å². The maximum atomic E-state index is 12.5. The molecule has 1 amide bonds. The van der Waals surface area contributed by atoms with Gasteiger partial charge in [-0.15, -0.1) is 10.2 Å². The number of amides is 1. The van der Waals surface area contributed by atoms with Crippen molar-refractivity contribution in [3.8, 4) is 0 Å². The van der Waals surface area contributed by atoms with Crippen molar-refractivity contribution in [3.63, 3.8) is 0 Å². The minimum atomic E-state index is -0.185. The van der Waals surface area contributed by atoms with Crippen LogP contribution in [-0.4, -0.2) is 46.9 Å². The van der Waals surface area contributed by atoms with Crippen molar-refractivity contribution in [1.82, 2.24) is 10.2 Å². The summed E-state index contributed by atoms with van der Waals surface area (Å²) in [6.07, 6.45) is 2.41. The van der Waals surface area contributed by atoms with E-state index in [1.54, 1.807) is 36.4 Å². The van der Waals surface area contributed by atoms with Gasteiger partial charge < -0.3 is 15.4 Å². The van der Waals surface area contributed by atoms with Crippen LogP contribution in [0.5, 0.6) is 0 Å². The number of Topliss-reactive ketones (excluding diaryl/α,β-unsaturated/α-hetero) is 1. The third-order valence-electron chi connectivity index (χ3n) is 4.74. The van der Waals surface area contributed by atoms with Gasteiger partial charge in [-0.05, 0) is 49.2 Å². The molecule has 31 heavy (non-hydrogen) atoms. The number of thioether (sulfide) groups is 1. The quantitative estimate of drug-likeness (QED) is 0.367. The highest BCUT2D eigenvalue weighted by Gasteiger charge is 2.16. The summed E-state index contributed by atoms with van der Waals surface area (Å²) in [7, 11) is 0. The first kappa shape index (κ1) is 21.5. The van der Waals surface area contributed by atoms with Crippen LogP contribution in [0, 0.1) is 0 Å². The lowest BCUT2D eigenvalue weighted by atomic mass is 10.1. The summed E-state index contributed by atoms with van der Waals surface area (Å²) in [5.41, 5.74) is 1.82. The molecule has 1 atom stereocenters. The molecule has 1 aliphatic heterocycles. The molecule has 160 valence electrons. The molecule has 1 aliphatic rings. The van der Waals surface area contributed by atoms with Crippen molar-refractivity contribution >= 4 is 45.6 Å². The first-order chi connectivity index (χ1) is 15.2. The third-order valence-corrected chi connectivity index (χ3v) is 6.75. The molecule has 7 nitrogen and oxygen atoms in total. The molecule has 0 aliphatic carbocycles. The van der Waals surface area contributed by atoms with Gasteiger partial charge in [0.2, 0.25) is 5.13 Å². The van der Waals surface area contributed by atoms with Crippen molar-refractivity contribution in [2.24, 2.45) is 0 Å². The summed E-state index contributed by atoms with van der Waals surface area (Å²) in [6, 6.07) is 15.9. The van der Waals surface area contributed by atoms with Crippen LogP contribution in [0.15, 0.2) is 58.9 Å². The molecule has 0 saturated carbocycles. The lowest BCUT2D eigenvalue weighted by Crippen LogP contribution is -2.18. The molecule has 1 fully saturated rings. The number of rotatable bonds is 9. The van der Waals surface area contributed by atoms with E-state index in [9.17, 15) is 9.59 Å². The summed E-state index contributed by atoms with van der Waals surface area (Å²) in [6.45, 7) is 1.55. The van der Waals surface area contributed by atoms with Crippen LogP contribution in [0.25, 0.3) is 0 Å². The molecule has 0 radical (unpaired) electrons. The van der Waals surface area contributed by atoms with E-state index in [4.69, 9.17) is 4.74 Å². The standard InChI is InChI=1S/C22H22N4O3S2/c27-19(14-30-22-26-25-21(31-22)23-13-18-7-4-12-29-18)15-8-10-17(11-9-15)24-20(28)16-5-2-1-3-6-16/h1-3,5-6,8-11,18H,4,7,12-14H2,(H,23,25)(H,24,28)/t18-/m0/s1. The molecule has 4 rings (SSSR count). The molecule has 0 bridgehead atoms. The number of carbonyl (C=O) groups excluding carboxylic acids is 2. The lowest BCUT2D eigenvalue weighted by molar-refractivity contribution is 0.101. The molecule has 1 saturated heterocycles. The Morgan fingerprint density at radius 2 is 1.87 bits per heavy atom. The van der Waals surface area contributed by atoms with E-state index in [-0.39, 0.29) is 23.5 Å². The molecule has 3 aromatic rings. The number of ether oxygens (including phenoxy) is 1. The van der Waals surface area contributed by atoms with Crippen LogP contribution in [0.4, 0.5) is 10.8 Å². The molecule has 0 unspecified atom stereocenters. The van der Waals surface area contributed by atoms with Crippen LogP contribution < -0.4 is 10.6 Å². The van der Waals surface area contributed by atoms with Gasteiger partial charge in [0.15, 0.2) is 10.1 Å². The van der Waals surface area contributed by atoms with Crippen molar-refractivity contribution in [3.05, 3.63) is 65.7 Å². The van der Waals surface area contributed by atoms with Crippen molar-refractivity contribution in [1.29, 1.82) is 0 Å². The molecule has 1 aromatic heterocycles. The zero-order valence-electron chi connectivity index (χ0n) is 16.7. The summed E-state index contributed by atoms with van der Waals surface area (Å²) in [5.74, 6) is 0.0845. The summed E-state index contributed by atoms with van der Waals surface area (Å²) in [4.78, 5) is 24.7. The van der Waals surface area contributed by atoms with Gasteiger partial charge >= 0.3 is 0 Å². The van der Waals surface area contributed by atoms with Gasteiger partial charge in [-0.3, -0.25) is 9.59 Å². The number of hydrogen-bond acceptors (Lipinski definition) is 8. The Bertz CT molecular complexity index is 1020. The topological polar surface area (TPSA) is 93.2 Å². The Kier molecular flexibility index (Phi) is 7.29. The Balaban J connectivity index is 1.24. The number of ketones is 1. The SMILES string of the molecule is O=C(CSc1nnc(NC[C@@H]2CCCO2)s1)c1ccc(NC(=O)c2ccccc2)cc1. The van der Waals surface area contributed by atoms with Crippen LogP contribution in [0.2, 0.25) is 0 Å². The molecule has 2 heterocycles. The predicted molar refractivity (Wildman–Crippen MR) is 123 cm³/mol. The fraction of sp³-hybridized carbons (Fsp3) is 0.273. The van der Waals surface area contributed by atoms with Gasteiger partial charge in [-0.2, -0.15) is 0 Å². The average molecular weight is 455 g/mol. The first-order valence-corrected chi connectivity index (χ1v) is 11.8. The minimum absolute atomic E-state index is 0.00463. The molecule has 9 heteroatoms.